The van der Waals surface area contributed by atoms with Crippen LogP contribution in [0.15, 0.2) is 109 Å². The maximum Gasteiger partial charge on any atom is 0.127 e. The Morgan fingerprint density at radius 1 is 0.628 bits per heavy atom. The van der Waals surface area contributed by atoms with Crippen molar-refractivity contribution in [3.05, 3.63) is 143 Å². The minimum atomic E-state index is 0.364. The Kier molecular flexibility index (Phi) is 8.18. The highest BCUT2D eigenvalue weighted by Crippen LogP contribution is 2.42. The zero-order chi connectivity index (χ0) is 29.9. The Balaban J connectivity index is 1.36. The van der Waals surface area contributed by atoms with Gasteiger partial charge in [0, 0.05) is 48.6 Å². The molecule has 0 aliphatic rings. The summed E-state index contributed by atoms with van der Waals surface area (Å²) >= 11 is 0. The summed E-state index contributed by atoms with van der Waals surface area (Å²) in [7, 11) is 0. The number of phenolic OH excluding ortho intramolecular Hbond substituents is 1. The van der Waals surface area contributed by atoms with Crippen molar-refractivity contribution in [3.63, 3.8) is 0 Å². The molecule has 0 aliphatic heterocycles. The number of rotatable bonds is 9. The van der Waals surface area contributed by atoms with E-state index in [2.05, 4.69) is 147 Å². The fourth-order valence-electron chi connectivity index (χ4n) is 6.56. The van der Waals surface area contributed by atoms with Gasteiger partial charge in [-0.05, 0) is 83.6 Å². The summed E-state index contributed by atoms with van der Waals surface area (Å²) in [4.78, 5) is 2.43. The fourth-order valence-corrected chi connectivity index (χ4v) is 6.56. The molecule has 0 radical (unpaired) electrons. The first-order valence-electron chi connectivity index (χ1n) is 15.2. The van der Waals surface area contributed by atoms with E-state index in [0.717, 1.165) is 52.7 Å². The van der Waals surface area contributed by atoms with Gasteiger partial charge in [0.15, 0.2) is 0 Å². The zero-order valence-corrected chi connectivity index (χ0v) is 25.6. The first-order chi connectivity index (χ1) is 20.9. The van der Waals surface area contributed by atoms with E-state index in [4.69, 9.17) is 0 Å². The van der Waals surface area contributed by atoms with Crippen LogP contribution in [-0.2, 0) is 13.1 Å². The van der Waals surface area contributed by atoms with Gasteiger partial charge in [0.25, 0.3) is 0 Å². The SMILES string of the molecule is Cc1cc(C)c(NCCN(Cc2ccccc2)Cc2cc(C)cc(-c3c4ccccc4cc4ccccc34)c2O)c(C)c1. The average Bonchev–Trinajstić information content (AvgIpc) is 2.99. The normalized spacial score (nSPS) is 11.5. The lowest BCUT2D eigenvalue weighted by Crippen LogP contribution is -2.29. The molecule has 0 fully saturated rings. The molecule has 0 unspecified atom stereocenters. The Bertz CT molecular complexity index is 1830. The van der Waals surface area contributed by atoms with Crippen LogP contribution >= 0.6 is 0 Å². The van der Waals surface area contributed by atoms with E-state index < -0.39 is 0 Å². The van der Waals surface area contributed by atoms with Gasteiger partial charge in [-0.2, -0.15) is 0 Å². The molecule has 0 heterocycles. The lowest BCUT2D eigenvalue weighted by molar-refractivity contribution is 0.263. The second kappa shape index (κ2) is 12.3. The third kappa shape index (κ3) is 6.14. The van der Waals surface area contributed by atoms with Crippen LogP contribution in [0.25, 0.3) is 32.7 Å². The number of hydrogen-bond donors (Lipinski definition) is 2. The van der Waals surface area contributed by atoms with E-state index in [1.54, 1.807) is 0 Å². The Morgan fingerprint density at radius 3 is 1.86 bits per heavy atom. The van der Waals surface area contributed by atoms with Crippen molar-refractivity contribution in [3.8, 4) is 16.9 Å². The molecule has 0 bridgehead atoms. The van der Waals surface area contributed by atoms with Gasteiger partial charge in [-0.1, -0.05) is 103 Å². The van der Waals surface area contributed by atoms with Gasteiger partial charge in [-0.25, -0.2) is 0 Å². The summed E-state index contributed by atoms with van der Waals surface area (Å²) < 4.78 is 0. The topological polar surface area (TPSA) is 35.5 Å². The van der Waals surface area contributed by atoms with Crippen LogP contribution in [0.5, 0.6) is 5.75 Å². The molecule has 43 heavy (non-hydrogen) atoms. The molecule has 0 amide bonds. The average molecular weight is 565 g/mol. The first kappa shape index (κ1) is 28.5. The van der Waals surface area contributed by atoms with Crippen molar-refractivity contribution in [1.82, 2.24) is 4.90 Å². The number of anilines is 1. The molecule has 0 aromatic heterocycles. The summed E-state index contributed by atoms with van der Waals surface area (Å²) in [6.07, 6.45) is 0. The lowest BCUT2D eigenvalue weighted by Gasteiger charge is -2.25. The molecule has 6 aromatic carbocycles. The van der Waals surface area contributed by atoms with Crippen molar-refractivity contribution in [2.24, 2.45) is 0 Å². The van der Waals surface area contributed by atoms with Crippen LogP contribution in [0.1, 0.15) is 33.4 Å². The van der Waals surface area contributed by atoms with E-state index in [0.29, 0.717) is 12.3 Å². The molecule has 6 aromatic rings. The Morgan fingerprint density at radius 2 is 1.21 bits per heavy atom. The van der Waals surface area contributed by atoms with Gasteiger partial charge in [0.1, 0.15) is 5.75 Å². The van der Waals surface area contributed by atoms with Crippen molar-refractivity contribution < 1.29 is 5.11 Å². The minimum absolute atomic E-state index is 0.364. The summed E-state index contributed by atoms with van der Waals surface area (Å²) in [6, 6.07) is 38.6. The third-order valence-electron chi connectivity index (χ3n) is 8.42. The number of phenols is 1. The van der Waals surface area contributed by atoms with E-state index in [1.165, 1.54) is 38.7 Å². The van der Waals surface area contributed by atoms with E-state index in [-0.39, 0.29) is 0 Å². The van der Waals surface area contributed by atoms with Crippen LogP contribution < -0.4 is 5.32 Å². The van der Waals surface area contributed by atoms with Gasteiger partial charge in [0.05, 0.1) is 0 Å². The van der Waals surface area contributed by atoms with Gasteiger partial charge in [-0.15, -0.1) is 0 Å². The Labute approximate surface area is 255 Å². The number of nitrogens with one attached hydrogen (secondary N) is 1. The van der Waals surface area contributed by atoms with Gasteiger partial charge in [-0.3, -0.25) is 4.90 Å². The van der Waals surface area contributed by atoms with Crippen molar-refractivity contribution in [2.75, 3.05) is 18.4 Å². The monoisotopic (exact) mass is 564 g/mol. The highest BCUT2D eigenvalue weighted by Gasteiger charge is 2.18. The first-order valence-corrected chi connectivity index (χ1v) is 15.2. The van der Waals surface area contributed by atoms with E-state index >= 15 is 0 Å². The quantitative estimate of drug-likeness (QED) is 0.172. The molecular formula is C40H40N2O. The third-order valence-corrected chi connectivity index (χ3v) is 8.42. The second-order valence-electron chi connectivity index (χ2n) is 11.9. The van der Waals surface area contributed by atoms with Crippen LogP contribution in [0.2, 0.25) is 0 Å². The number of aryl methyl sites for hydroxylation is 4. The molecule has 2 N–H and O–H groups in total. The summed E-state index contributed by atoms with van der Waals surface area (Å²) in [6.45, 7) is 11.7. The zero-order valence-electron chi connectivity index (χ0n) is 25.6. The molecule has 0 atom stereocenters. The largest absolute Gasteiger partial charge is 0.507 e. The molecule has 0 aliphatic carbocycles. The maximum absolute atomic E-state index is 12.0. The summed E-state index contributed by atoms with van der Waals surface area (Å²) in [5.74, 6) is 0.364. The number of benzene rings is 6. The lowest BCUT2D eigenvalue weighted by atomic mass is 9.89. The van der Waals surface area contributed by atoms with Crippen LogP contribution in [0.3, 0.4) is 0 Å². The Hall–Kier alpha value is -4.60. The van der Waals surface area contributed by atoms with Crippen molar-refractivity contribution in [1.29, 1.82) is 0 Å². The summed E-state index contributed by atoms with van der Waals surface area (Å²) in [5, 5.41) is 20.3. The van der Waals surface area contributed by atoms with Crippen LogP contribution in [-0.4, -0.2) is 23.1 Å². The highest BCUT2D eigenvalue weighted by molar-refractivity contribution is 6.13. The molecule has 0 spiro atoms. The predicted molar refractivity (Wildman–Crippen MR) is 183 cm³/mol. The molecule has 0 saturated carbocycles. The van der Waals surface area contributed by atoms with E-state index in [1.807, 2.05) is 0 Å². The standard InChI is InChI=1S/C40H40N2O/c1-27-20-29(3)39(30(4)21-27)41-18-19-42(25-31-12-6-5-7-13-31)26-34-22-28(2)23-37(40(34)43)38-35-16-10-8-14-32(35)24-33-15-9-11-17-36(33)38/h5-17,20-24,41,43H,18-19,25-26H2,1-4H3. The molecule has 216 valence electrons. The van der Waals surface area contributed by atoms with Crippen molar-refractivity contribution in [2.45, 2.75) is 40.8 Å². The molecule has 3 nitrogen and oxygen atoms in total. The van der Waals surface area contributed by atoms with Gasteiger partial charge >= 0.3 is 0 Å². The van der Waals surface area contributed by atoms with Crippen molar-refractivity contribution >= 4 is 27.2 Å². The number of fused-ring (bicyclic) bond motifs is 2. The fraction of sp³-hybridized carbons (Fsp3) is 0.200. The summed E-state index contributed by atoms with van der Waals surface area (Å²) in [5.41, 5.74) is 10.4. The maximum atomic E-state index is 12.0. The molecule has 6 rings (SSSR count). The number of hydrogen-bond acceptors (Lipinski definition) is 3. The predicted octanol–water partition coefficient (Wildman–Crippen LogP) is 9.71. The van der Waals surface area contributed by atoms with Gasteiger partial charge < -0.3 is 10.4 Å². The smallest absolute Gasteiger partial charge is 0.127 e. The highest BCUT2D eigenvalue weighted by atomic mass is 16.3. The van der Waals surface area contributed by atoms with E-state index in [9.17, 15) is 5.11 Å². The molecule has 0 saturated heterocycles. The minimum Gasteiger partial charge on any atom is -0.507 e. The second-order valence-corrected chi connectivity index (χ2v) is 11.9. The number of aromatic hydroxyl groups is 1. The van der Waals surface area contributed by atoms with Crippen LogP contribution in [0, 0.1) is 27.7 Å². The number of nitrogens with zero attached hydrogens (tertiary/aromatic N) is 1. The van der Waals surface area contributed by atoms with Crippen LogP contribution in [0.4, 0.5) is 5.69 Å². The molecule has 3 heteroatoms. The van der Waals surface area contributed by atoms with Gasteiger partial charge in [0.2, 0.25) is 0 Å². The molecular weight excluding hydrogens is 524 g/mol.